The molecule has 0 bridgehead atoms. The van der Waals surface area contributed by atoms with Gasteiger partial charge in [-0.05, 0) is 61.6 Å². The number of ether oxygens (including phenoxy) is 2. The van der Waals surface area contributed by atoms with Gasteiger partial charge in [0.25, 0.3) is 5.91 Å². The molecule has 1 atom stereocenters. The summed E-state index contributed by atoms with van der Waals surface area (Å²) in [5.41, 5.74) is 1.95. The van der Waals surface area contributed by atoms with Gasteiger partial charge in [-0.3, -0.25) is 9.78 Å². The van der Waals surface area contributed by atoms with Gasteiger partial charge in [-0.15, -0.1) is 0 Å². The number of aryl methyl sites for hydroxylation is 1. The molecule has 1 fully saturated rings. The van der Waals surface area contributed by atoms with Crippen LogP contribution in [0.5, 0.6) is 11.5 Å². The maximum absolute atomic E-state index is 12.9. The number of pyridine rings is 1. The fourth-order valence-corrected chi connectivity index (χ4v) is 3.48. The van der Waals surface area contributed by atoms with E-state index in [1.54, 1.807) is 6.07 Å². The third-order valence-corrected chi connectivity index (χ3v) is 4.77. The second-order valence-electron chi connectivity index (χ2n) is 6.26. The summed E-state index contributed by atoms with van der Waals surface area (Å²) in [7, 11) is 0. The van der Waals surface area contributed by atoms with Crippen LogP contribution in [0.25, 0.3) is 0 Å². The van der Waals surface area contributed by atoms with Crippen LogP contribution < -0.4 is 9.47 Å². The van der Waals surface area contributed by atoms with Gasteiger partial charge in [0.15, 0.2) is 11.5 Å². The van der Waals surface area contributed by atoms with Crippen molar-refractivity contribution in [1.29, 1.82) is 0 Å². The molecule has 0 radical (unpaired) electrons. The monoisotopic (exact) mass is 324 g/mol. The summed E-state index contributed by atoms with van der Waals surface area (Å²) < 4.78 is 10.7. The first-order valence-electron chi connectivity index (χ1n) is 8.41. The van der Waals surface area contributed by atoms with E-state index in [4.69, 9.17) is 9.47 Å². The summed E-state index contributed by atoms with van der Waals surface area (Å²) >= 11 is 0. The SMILES string of the molecule is O=C(c1ccc2c(c1)OCO2)N1CCCC1CCc1ccncc1. The van der Waals surface area contributed by atoms with Crippen LogP contribution in [0.2, 0.25) is 0 Å². The van der Waals surface area contributed by atoms with E-state index < -0.39 is 0 Å². The number of rotatable bonds is 4. The summed E-state index contributed by atoms with van der Waals surface area (Å²) in [6.07, 6.45) is 7.73. The Morgan fingerprint density at radius 3 is 2.88 bits per heavy atom. The molecule has 0 saturated carbocycles. The van der Waals surface area contributed by atoms with Crippen molar-refractivity contribution in [3.05, 3.63) is 53.9 Å². The van der Waals surface area contributed by atoms with Crippen molar-refractivity contribution in [3.8, 4) is 11.5 Å². The first-order chi connectivity index (χ1) is 11.8. The Morgan fingerprint density at radius 1 is 1.17 bits per heavy atom. The maximum Gasteiger partial charge on any atom is 0.254 e. The van der Waals surface area contributed by atoms with Gasteiger partial charge in [0.05, 0.1) is 0 Å². The highest BCUT2D eigenvalue weighted by molar-refractivity contribution is 5.95. The number of aromatic nitrogens is 1. The molecular weight excluding hydrogens is 304 g/mol. The van der Waals surface area contributed by atoms with E-state index in [1.807, 2.05) is 41.6 Å². The molecule has 1 amide bonds. The smallest absolute Gasteiger partial charge is 0.254 e. The molecular formula is C19H20N2O3. The number of amides is 1. The second-order valence-corrected chi connectivity index (χ2v) is 6.26. The summed E-state index contributed by atoms with van der Waals surface area (Å²) in [5, 5.41) is 0. The van der Waals surface area contributed by atoms with E-state index in [0.29, 0.717) is 23.1 Å². The Balaban J connectivity index is 1.45. The first-order valence-corrected chi connectivity index (χ1v) is 8.41. The fraction of sp³-hybridized carbons (Fsp3) is 0.368. The molecule has 2 aliphatic heterocycles. The van der Waals surface area contributed by atoms with Crippen LogP contribution >= 0.6 is 0 Å². The predicted octanol–water partition coefficient (Wildman–Crippen LogP) is 3.05. The molecule has 1 unspecified atom stereocenters. The number of nitrogens with zero attached hydrogens (tertiary/aromatic N) is 2. The average Bonchev–Trinajstić information content (AvgIpc) is 3.28. The van der Waals surface area contributed by atoms with Crippen molar-refractivity contribution < 1.29 is 14.3 Å². The Labute approximate surface area is 141 Å². The third-order valence-electron chi connectivity index (χ3n) is 4.77. The highest BCUT2D eigenvalue weighted by Crippen LogP contribution is 2.33. The Morgan fingerprint density at radius 2 is 2.00 bits per heavy atom. The molecule has 0 aliphatic carbocycles. The van der Waals surface area contributed by atoms with Gasteiger partial charge in [0.1, 0.15) is 0 Å². The number of likely N-dealkylation sites (tertiary alicyclic amines) is 1. The summed E-state index contributed by atoms with van der Waals surface area (Å²) in [6, 6.07) is 9.82. The van der Waals surface area contributed by atoms with Crippen LogP contribution in [0.4, 0.5) is 0 Å². The molecule has 0 spiro atoms. The molecule has 1 saturated heterocycles. The van der Waals surface area contributed by atoms with Crippen molar-refractivity contribution in [2.24, 2.45) is 0 Å². The molecule has 5 heteroatoms. The Kier molecular flexibility index (Phi) is 4.07. The zero-order chi connectivity index (χ0) is 16.4. The van der Waals surface area contributed by atoms with E-state index in [2.05, 4.69) is 4.98 Å². The molecule has 1 aromatic carbocycles. The van der Waals surface area contributed by atoms with Crippen molar-refractivity contribution in [2.45, 2.75) is 31.7 Å². The lowest BCUT2D eigenvalue weighted by atomic mass is 10.0. The molecule has 124 valence electrons. The highest BCUT2D eigenvalue weighted by Gasteiger charge is 2.30. The van der Waals surface area contributed by atoms with Crippen LogP contribution in [0.15, 0.2) is 42.7 Å². The Bertz CT molecular complexity index is 733. The largest absolute Gasteiger partial charge is 0.454 e. The minimum Gasteiger partial charge on any atom is -0.454 e. The molecule has 2 aromatic rings. The highest BCUT2D eigenvalue weighted by atomic mass is 16.7. The number of benzene rings is 1. The van der Waals surface area contributed by atoms with Crippen molar-refractivity contribution in [1.82, 2.24) is 9.88 Å². The van der Waals surface area contributed by atoms with Crippen molar-refractivity contribution in [2.75, 3.05) is 13.3 Å². The topological polar surface area (TPSA) is 51.7 Å². The van der Waals surface area contributed by atoms with Gasteiger partial charge in [-0.25, -0.2) is 0 Å². The van der Waals surface area contributed by atoms with E-state index >= 15 is 0 Å². The zero-order valence-electron chi connectivity index (χ0n) is 13.5. The van der Waals surface area contributed by atoms with E-state index in [-0.39, 0.29) is 12.7 Å². The lowest BCUT2D eigenvalue weighted by molar-refractivity contribution is 0.0730. The minimum absolute atomic E-state index is 0.0885. The molecule has 2 aliphatic rings. The quantitative estimate of drug-likeness (QED) is 0.867. The summed E-state index contributed by atoms with van der Waals surface area (Å²) in [4.78, 5) is 19.0. The molecule has 4 rings (SSSR count). The van der Waals surface area contributed by atoms with Gasteiger partial charge >= 0.3 is 0 Å². The normalized spacial score (nSPS) is 18.8. The number of hydrogen-bond acceptors (Lipinski definition) is 4. The minimum atomic E-state index is 0.0885. The van der Waals surface area contributed by atoms with Gasteiger partial charge in [-0.1, -0.05) is 0 Å². The van der Waals surface area contributed by atoms with Crippen LogP contribution in [-0.2, 0) is 6.42 Å². The van der Waals surface area contributed by atoms with Crippen molar-refractivity contribution >= 4 is 5.91 Å². The number of carbonyl (C=O) groups excluding carboxylic acids is 1. The van der Waals surface area contributed by atoms with E-state index in [0.717, 1.165) is 32.2 Å². The first kappa shape index (κ1) is 15.0. The predicted molar refractivity (Wildman–Crippen MR) is 89.2 cm³/mol. The average molecular weight is 324 g/mol. The molecule has 3 heterocycles. The Hall–Kier alpha value is -2.56. The number of hydrogen-bond donors (Lipinski definition) is 0. The third kappa shape index (κ3) is 2.94. The van der Waals surface area contributed by atoms with Crippen LogP contribution in [0.1, 0.15) is 35.2 Å². The van der Waals surface area contributed by atoms with E-state index in [1.165, 1.54) is 5.56 Å². The summed E-state index contributed by atoms with van der Waals surface area (Å²) in [5.74, 6) is 1.46. The number of fused-ring (bicyclic) bond motifs is 1. The summed E-state index contributed by atoms with van der Waals surface area (Å²) in [6.45, 7) is 1.06. The number of carbonyl (C=O) groups is 1. The van der Waals surface area contributed by atoms with Crippen LogP contribution in [0.3, 0.4) is 0 Å². The van der Waals surface area contributed by atoms with Gasteiger partial charge in [0, 0.05) is 30.5 Å². The molecule has 0 N–H and O–H groups in total. The van der Waals surface area contributed by atoms with E-state index in [9.17, 15) is 4.79 Å². The molecule has 5 nitrogen and oxygen atoms in total. The maximum atomic E-state index is 12.9. The van der Waals surface area contributed by atoms with Crippen molar-refractivity contribution in [3.63, 3.8) is 0 Å². The van der Waals surface area contributed by atoms with Gasteiger partial charge < -0.3 is 14.4 Å². The zero-order valence-corrected chi connectivity index (χ0v) is 13.5. The second kappa shape index (κ2) is 6.51. The van der Waals surface area contributed by atoms with Crippen LogP contribution in [-0.4, -0.2) is 35.2 Å². The molecule has 24 heavy (non-hydrogen) atoms. The lowest BCUT2D eigenvalue weighted by Gasteiger charge is -2.25. The fourth-order valence-electron chi connectivity index (χ4n) is 3.48. The molecule has 1 aromatic heterocycles. The van der Waals surface area contributed by atoms with Crippen LogP contribution in [0, 0.1) is 0 Å². The van der Waals surface area contributed by atoms with Gasteiger partial charge in [0.2, 0.25) is 6.79 Å². The van der Waals surface area contributed by atoms with Gasteiger partial charge in [-0.2, -0.15) is 0 Å². The lowest BCUT2D eigenvalue weighted by Crippen LogP contribution is -2.35. The standard InChI is InChI=1S/C19H20N2O3/c22-19(15-4-6-17-18(12-15)24-13-23-17)21-11-1-2-16(21)5-3-14-7-9-20-10-8-14/h4,6-10,12,16H,1-3,5,11,13H2.